The lowest BCUT2D eigenvalue weighted by Crippen LogP contribution is -2.32. The van der Waals surface area contributed by atoms with Crippen molar-refractivity contribution in [2.24, 2.45) is 7.05 Å². The van der Waals surface area contributed by atoms with E-state index in [1.165, 1.54) is 0 Å². The van der Waals surface area contributed by atoms with E-state index in [9.17, 15) is 4.79 Å². The van der Waals surface area contributed by atoms with Gasteiger partial charge in [0, 0.05) is 26.1 Å². The van der Waals surface area contributed by atoms with Crippen LogP contribution in [0.15, 0.2) is 42.6 Å². The van der Waals surface area contributed by atoms with E-state index in [2.05, 4.69) is 20.7 Å². The number of ether oxygens (including phenoxy) is 1. The number of carbonyl (C=O) groups is 1. The van der Waals surface area contributed by atoms with Gasteiger partial charge in [-0.05, 0) is 18.6 Å². The molecule has 25 heavy (non-hydrogen) atoms. The van der Waals surface area contributed by atoms with Gasteiger partial charge in [0.15, 0.2) is 5.65 Å². The number of nitrogens with one attached hydrogen (secondary N) is 2. The minimum Gasteiger partial charge on any atom is -0.375 e. The molecule has 0 fully saturated rings. The normalized spacial score (nSPS) is 12.1. The van der Waals surface area contributed by atoms with Gasteiger partial charge in [-0.15, -0.1) is 0 Å². The Morgan fingerprint density at radius 1 is 1.32 bits per heavy atom. The third kappa shape index (κ3) is 3.77. The van der Waals surface area contributed by atoms with Crippen LogP contribution < -0.4 is 10.6 Å². The summed E-state index contributed by atoms with van der Waals surface area (Å²) in [7, 11) is 3.47. The molecule has 0 spiro atoms. The summed E-state index contributed by atoms with van der Waals surface area (Å²) in [4.78, 5) is 16.5. The van der Waals surface area contributed by atoms with Gasteiger partial charge in [-0.25, -0.2) is 9.78 Å². The predicted octanol–water partition coefficient (Wildman–Crippen LogP) is 2.79. The van der Waals surface area contributed by atoms with Gasteiger partial charge in [0.2, 0.25) is 0 Å². The van der Waals surface area contributed by atoms with Gasteiger partial charge in [0.1, 0.15) is 0 Å². The number of anilines is 1. The highest BCUT2D eigenvalue weighted by atomic mass is 16.5. The zero-order valence-corrected chi connectivity index (χ0v) is 14.5. The van der Waals surface area contributed by atoms with Crippen LogP contribution in [0.1, 0.15) is 17.4 Å². The number of methoxy groups -OCH3 is 1. The third-order valence-corrected chi connectivity index (χ3v) is 4.02. The highest BCUT2D eigenvalue weighted by Crippen LogP contribution is 2.19. The Bertz CT molecular complexity index is 876. The molecule has 7 nitrogen and oxygen atoms in total. The molecule has 1 atom stereocenters. The van der Waals surface area contributed by atoms with E-state index in [0.717, 1.165) is 22.3 Å². The van der Waals surface area contributed by atoms with Gasteiger partial charge in [0.25, 0.3) is 0 Å². The fraction of sp³-hybridized carbons (Fsp3) is 0.278. The molecule has 2 N–H and O–H groups in total. The molecule has 2 heterocycles. The van der Waals surface area contributed by atoms with E-state index in [1.54, 1.807) is 18.0 Å². The van der Waals surface area contributed by atoms with Crippen molar-refractivity contribution < 1.29 is 9.53 Å². The minimum atomic E-state index is -0.305. The third-order valence-electron chi connectivity index (χ3n) is 4.02. The molecule has 3 rings (SSSR count). The standard InChI is InChI=1S/C18H21N5O2/c1-12-15-9-14(10-19-17(15)23(2)22-12)21-18(24)20-11-16(25-3)13-7-5-4-6-8-13/h4-10,16H,11H2,1-3H3,(H2,20,21,24). The number of aromatic nitrogens is 3. The quantitative estimate of drug-likeness (QED) is 0.749. The molecule has 0 aliphatic carbocycles. The van der Waals surface area contributed by atoms with Gasteiger partial charge in [0.05, 0.1) is 23.7 Å². The Labute approximate surface area is 146 Å². The zero-order valence-electron chi connectivity index (χ0n) is 14.5. The van der Waals surface area contributed by atoms with E-state index in [0.29, 0.717) is 12.2 Å². The lowest BCUT2D eigenvalue weighted by atomic mass is 10.1. The first-order chi connectivity index (χ1) is 12.1. The van der Waals surface area contributed by atoms with Crippen LogP contribution in [-0.4, -0.2) is 34.5 Å². The van der Waals surface area contributed by atoms with E-state index in [4.69, 9.17) is 4.74 Å². The first kappa shape index (κ1) is 16.9. The Morgan fingerprint density at radius 2 is 2.08 bits per heavy atom. The summed E-state index contributed by atoms with van der Waals surface area (Å²) in [6, 6.07) is 11.3. The van der Waals surface area contributed by atoms with E-state index in [1.807, 2.05) is 50.4 Å². The monoisotopic (exact) mass is 339 g/mol. The largest absolute Gasteiger partial charge is 0.375 e. The number of urea groups is 1. The van der Waals surface area contributed by atoms with Gasteiger partial charge in [-0.2, -0.15) is 5.10 Å². The van der Waals surface area contributed by atoms with Gasteiger partial charge in [-0.3, -0.25) is 4.68 Å². The summed E-state index contributed by atoms with van der Waals surface area (Å²) in [5.74, 6) is 0. The van der Waals surface area contributed by atoms with Crippen LogP contribution in [-0.2, 0) is 11.8 Å². The molecule has 7 heteroatoms. The number of rotatable bonds is 5. The Kier molecular flexibility index (Phi) is 4.95. The van der Waals surface area contributed by atoms with Crippen LogP contribution >= 0.6 is 0 Å². The Hall–Kier alpha value is -2.93. The maximum atomic E-state index is 12.2. The summed E-state index contributed by atoms with van der Waals surface area (Å²) in [6.45, 7) is 2.28. The second-order valence-corrected chi connectivity index (χ2v) is 5.77. The molecule has 2 aromatic heterocycles. The lowest BCUT2D eigenvalue weighted by Gasteiger charge is -2.16. The highest BCUT2D eigenvalue weighted by Gasteiger charge is 2.13. The predicted molar refractivity (Wildman–Crippen MR) is 96.5 cm³/mol. The number of fused-ring (bicyclic) bond motifs is 1. The molecule has 0 radical (unpaired) electrons. The molecule has 1 unspecified atom stereocenters. The maximum Gasteiger partial charge on any atom is 0.319 e. The summed E-state index contributed by atoms with van der Waals surface area (Å²) < 4.78 is 7.17. The number of aryl methyl sites for hydroxylation is 2. The van der Waals surface area contributed by atoms with Crippen molar-refractivity contribution in [1.82, 2.24) is 20.1 Å². The van der Waals surface area contributed by atoms with E-state index in [-0.39, 0.29) is 12.1 Å². The van der Waals surface area contributed by atoms with Crippen LogP contribution in [0.25, 0.3) is 11.0 Å². The Balaban J connectivity index is 1.63. The van der Waals surface area contributed by atoms with Crippen molar-refractivity contribution in [3.8, 4) is 0 Å². The summed E-state index contributed by atoms with van der Waals surface area (Å²) >= 11 is 0. The topological polar surface area (TPSA) is 81.1 Å². The average Bonchev–Trinajstić information content (AvgIpc) is 2.90. The van der Waals surface area contributed by atoms with Crippen LogP contribution in [0.5, 0.6) is 0 Å². The Morgan fingerprint density at radius 3 is 2.80 bits per heavy atom. The smallest absolute Gasteiger partial charge is 0.319 e. The van der Waals surface area contributed by atoms with Crippen LogP contribution in [0.2, 0.25) is 0 Å². The van der Waals surface area contributed by atoms with Crippen molar-refractivity contribution in [3.63, 3.8) is 0 Å². The van der Waals surface area contributed by atoms with Crippen LogP contribution in [0.3, 0.4) is 0 Å². The van der Waals surface area contributed by atoms with Gasteiger partial charge >= 0.3 is 6.03 Å². The fourth-order valence-electron chi connectivity index (χ4n) is 2.74. The molecule has 0 bridgehead atoms. The maximum absolute atomic E-state index is 12.2. The molecular formula is C18H21N5O2. The molecular weight excluding hydrogens is 318 g/mol. The first-order valence-electron chi connectivity index (χ1n) is 8.00. The minimum absolute atomic E-state index is 0.201. The van der Waals surface area contributed by atoms with E-state index >= 15 is 0 Å². The first-order valence-corrected chi connectivity index (χ1v) is 8.00. The molecule has 0 aliphatic rings. The molecule has 2 amide bonds. The zero-order chi connectivity index (χ0) is 17.8. The van der Waals surface area contributed by atoms with Crippen molar-refractivity contribution in [2.75, 3.05) is 19.0 Å². The molecule has 3 aromatic rings. The summed E-state index contributed by atoms with van der Waals surface area (Å²) in [5, 5.41) is 10.9. The molecule has 0 saturated carbocycles. The van der Waals surface area contributed by atoms with E-state index < -0.39 is 0 Å². The molecule has 130 valence electrons. The number of amides is 2. The number of benzene rings is 1. The van der Waals surface area contributed by atoms with Crippen molar-refractivity contribution in [3.05, 3.63) is 53.9 Å². The van der Waals surface area contributed by atoms with Crippen molar-refractivity contribution >= 4 is 22.8 Å². The fourth-order valence-corrected chi connectivity index (χ4v) is 2.74. The van der Waals surface area contributed by atoms with Crippen LogP contribution in [0.4, 0.5) is 10.5 Å². The van der Waals surface area contributed by atoms with Gasteiger partial charge < -0.3 is 15.4 Å². The van der Waals surface area contributed by atoms with Gasteiger partial charge in [-0.1, -0.05) is 30.3 Å². The number of hydrogen-bond donors (Lipinski definition) is 2. The second-order valence-electron chi connectivity index (χ2n) is 5.77. The number of nitrogens with zero attached hydrogens (tertiary/aromatic N) is 3. The second kappa shape index (κ2) is 7.31. The summed E-state index contributed by atoms with van der Waals surface area (Å²) in [5.41, 5.74) is 3.29. The number of pyridine rings is 1. The average molecular weight is 339 g/mol. The molecule has 1 aromatic carbocycles. The SMILES string of the molecule is COC(CNC(=O)Nc1cnc2c(c1)c(C)nn2C)c1ccccc1. The van der Waals surface area contributed by atoms with Crippen molar-refractivity contribution in [2.45, 2.75) is 13.0 Å². The number of carbonyl (C=O) groups excluding carboxylic acids is 1. The van der Waals surface area contributed by atoms with Crippen molar-refractivity contribution in [1.29, 1.82) is 0 Å². The molecule has 0 saturated heterocycles. The number of hydrogen-bond acceptors (Lipinski definition) is 4. The summed E-state index contributed by atoms with van der Waals surface area (Å²) in [6.07, 6.45) is 1.42. The highest BCUT2D eigenvalue weighted by molar-refractivity contribution is 5.92. The van der Waals surface area contributed by atoms with Crippen LogP contribution in [0, 0.1) is 6.92 Å². The lowest BCUT2D eigenvalue weighted by molar-refractivity contribution is 0.104. The molecule has 0 aliphatic heterocycles.